The van der Waals surface area contributed by atoms with Crippen molar-refractivity contribution in [2.24, 2.45) is 0 Å². The molecule has 0 spiro atoms. The number of aliphatic hydroxyl groups excluding tert-OH is 1. The molecule has 86 valence electrons. The van der Waals surface area contributed by atoms with Crippen molar-refractivity contribution in [2.45, 2.75) is 19.7 Å². The first-order chi connectivity index (χ1) is 7.43. The topological polar surface area (TPSA) is 37.5 Å². The van der Waals surface area contributed by atoms with Crippen LogP contribution < -0.4 is 0 Å². The molecule has 6 heteroatoms. The minimum Gasteiger partial charge on any atom is -0.392 e. The van der Waals surface area contributed by atoms with Crippen LogP contribution in [0.15, 0.2) is 18.2 Å². The van der Waals surface area contributed by atoms with Crippen LogP contribution in [0, 0.1) is 6.92 Å². The maximum atomic E-state index is 12.5. The van der Waals surface area contributed by atoms with Gasteiger partial charge < -0.3 is 5.11 Å². The van der Waals surface area contributed by atoms with E-state index in [1.165, 1.54) is 4.52 Å². The molecule has 2 rings (SSSR count). The zero-order chi connectivity index (χ0) is 11.9. The van der Waals surface area contributed by atoms with E-state index in [1.807, 2.05) is 0 Å². The van der Waals surface area contributed by atoms with Crippen molar-refractivity contribution in [3.05, 3.63) is 35.2 Å². The fraction of sp³-hybridized carbons (Fsp3) is 0.300. The van der Waals surface area contributed by atoms with Gasteiger partial charge in [0.2, 0.25) is 0 Å². The third-order valence-corrected chi connectivity index (χ3v) is 2.36. The second-order valence-electron chi connectivity index (χ2n) is 3.48. The maximum absolute atomic E-state index is 12.5. The largest absolute Gasteiger partial charge is 0.435 e. The van der Waals surface area contributed by atoms with Gasteiger partial charge in [0.15, 0.2) is 5.69 Å². The van der Waals surface area contributed by atoms with E-state index in [0.717, 1.165) is 6.07 Å². The van der Waals surface area contributed by atoms with E-state index in [1.54, 1.807) is 19.1 Å². The first-order valence-electron chi connectivity index (χ1n) is 4.60. The molecule has 0 unspecified atom stereocenters. The van der Waals surface area contributed by atoms with Gasteiger partial charge in [-0.2, -0.15) is 18.3 Å². The minimum absolute atomic E-state index is 0.287. The first kappa shape index (κ1) is 10.9. The summed E-state index contributed by atoms with van der Waals surface area (Å²) in [5.74, 6) is 0. The SMILES string of the molecule is Cc1ccc(CO)c2cc(C(F)(F)F)nn12. The Balaban J connectivity index is 2.73. The van der Waals surface area contributed by atoms with Crippen molar-refractivity contribution >= 4 is 5.52 Å². The lowest BCUT2D eigenvalue weighted by Crippen LogP contribution is -2.06. The van der Waals surface area contributed by atoms with E-state index in [4.69, 9.17) is 5.11 Å². The highest BCUT2D eigenvalue weighted by atomic mass is 19.4. The summed E-state index contributed by atoms with van der Waals surface area (Å²) in [6, 6.07) is 4.15. The average Bonchev–Trinajstić information content (AvgIpc) is 2.63. The number of aromatic nitrogens is 2. The van der Waals surface area contributed by atoms with Crippen molar-refractivity contribution in [1.82, 2.24) is 9.61 Å². The molecule has 0 fully saturated rings. The van der Waals surface area contributed by atoms with Crippen molar-refractivity contribution < 1.29 is 18.3 Å². The summed E-state index contributed by atoms with van der Waals surface area (Å²) in [7, 11) is 0. The standard InChI is InChI=1S/C10H9F3N2O/c1-6-2-3-7(5-16)8-4-9(10(11,12)13)14-15(6)8/h2-4,16H,5H2,1H3. The van der Waals surface area contributed by atoms with Crippen molar-refractivity contribution in [1.29, 1.82) is 0 Å². The van der Waals surface area contributed by atoms with Crippen LogP contribution in [0.4, 0.5) is 13.2 Å². The zero-order valence-corrected chi connectivity index (χ0v) is 8.41. The normalized spacial score (nSPS) is 12.3. The molecule has 16 heavy (non-hydrogen) atoms. The van der Waals surface area contributed by atoms with Crippen molar-refractivity contribution in [2.75, 3.05) is 0 Å². The highest BCUT2D eigenvalue weighted by Gasteiger charge is 2.34. The number of rotatable bonds is 1. The molecule has 0 saturated carbocycles. The molecule has 2 heterocycles. The maximum Gasteiger partial charge on any atom is 0.435 e. The van der Waals surface area contributed by atoms with Gasteiger partial charge in [-0.3, -0.25) is 0 Å². The van der Waals surface area contributed by atoms with E-state index < -0.39 is 11.9 Å². The lowest BCUT2D eigenvalue weighted by atomic mass is 10.2. The fourth-order valence-corrected chi connectivity index (χ4v) is 1.53. The molecule has 0 bridgehead atoms. The van der Waals surface area contributed by atoms with Crippen LogP contribution in [0.5, 0.6) is 0 Å². The lowest BCUT2D eigenvalue weighted by Gasteiger charge is -2.02. The molecular weight excluding hydrogens is 221 g/mol. The molecule has 0 aliphatic carbocycles. The van der Waals surface area contributed by atoms with E-state index >= 15 is 0 Å². The Morgan fingerprint density at radius 1 is 1.38 bits per heavy atom. The third-order valence-electron chi connectivity index (χ3n) is 2.36. The van der Waals surface area contributed by atoms with Crippen LogP contribution in [-0.2, 0) is 12.8 Å². The Morgan fingerprint density at radius 3 is 2.62 bits per heavy atom. The van der Waals surface area contributed by atoms with Crippen LogP contribution in [-0.4, -0.2) is 14.7 Å². The number of hydrogen-bond donors (Lipinski definition) is 1. The zero-order valence-electron chi connectivity index (χ0n) is 8.41. The average molecular weight is 230 g/mol. The van der Waals surface area contributed by atoms with Crippen LogP contribution >= 0.6 is 0 Å². The van der Waals surface area contributed by atoms with Crippen molar-refractivity contribution in [3.8, 4) is 0 Å². The van der Waals surface area contributed by atoms with Gasteiger partial charge in [0.1, 0.15) is 0 Å². The predicted molar refractivity (Wildman–Crippen MR) is 50.9 cm³/mol. The molecule has 2 aromatic heterocycles. The van der Waals surface area contributed by atoms with Gasteiger partial charge in [0, 0.05) is 11.3 Å². The molecule has 0 amide bonds. The summed E-state index contributed by atoms with van der Waals surface area (Å²) >= 11 is 0. The summed E-state index contributed by atoms with van der Waals surface area (Å²) in [4.78, 5) is 0. The number of aliphatic hydroxyl groups is 1. The fourth-order valence-electron chi connectivity index (χ4n) is 1.53. The van der Waals surface area contributed by atoms with Crippen molar-refractivity contribution in [3.63, 3.8) is 0 Å². The Labute approximate surface area is 89.1 Å². The van der Waals surface area contributed by atoms with Gasteiger partial charge in [0.25, 0.3) is 0 Å². The monoisotopic (exact) mass is 230 g/mol. The van der Waals surface area contributed by atoms with E-state index in [0.29, 0.717) is 11.3 Å². The minimum atomic E-state index is -4.47. The number of alkyl halides is 3. The Bertz CT molecular complexity index is 531. The Kier molecular flexibility index (Phi) is 2.38. The van der Waals surface area contributed by atoms with E-state index in [9.17, 15) is 13.2 Å². The molecule has 0 radical (unpaired) electrons. The summed E-state index contributed by atoms with van der Waals surface area (Å²) in [5, 5.41) is 12.5. The van der Waals surface area contributed by atoms with Crippen LogP contribution in [0.3, 0.4) is 0 Å². The van der Waals surface area contributed by atoms with Gasteiger partial charge in [-0.05, 0) is 19.1 Å². The molecule has 1 N–H and O–H groups in total. The first-order valence-corrected chi connectivity index (χ1v) is 4.60. The Morgan fingerprint density at radius 2 is 2.06 bits per heavy atom. The third kappa shape index (κ3) is 1.65. The van der Waals surface area contributed by atoms with Gasteiger partial charge in [-0.1, -0.05) is 6.07 Å². The molecular formula is C10H9F3N2O. The number of halogens is 3. The van der Waals surface area contributed by atoms with Gasteiger partial charge in [-0.25, -0.2) is 4.52 Å². The van der Waals surface area contributed by atoms with Gasteiger partial charge in [-0.15, -0.1) is 0 Å². The summed E-state index contributed by atoms with van der Waals surface area (Å²) in [5.41, 5.74) is 0.350. The van der Waals surface area contributed by atoms with Crippen LogP contribution in [0.1, 0.15) is 17.0 Å². The smallest absolute Gasteiger partial charge is 0.392 e. The molecule has 0 aliphatic heterocycles. The summed E-state index contributed by atoms with van der Waals surface area (Å²) in [6.45, 7) is 1.34. The molecule has 0 aromatic carbocycles. The van der Waals surface area contributed by atoms with E-state index in [2.05, 4.69) is 5.10 Å². The van der Waals surface area contributed by atoms with Crippen LogP contribution in [0.2, 0.25) is 0 Å². The predicted octanol–water partition coefficient (Wildman–Crippen LogP) is 2.15. The molecule has 0 saturated heterocycles. The summed E-state index contributed by atoms with van der Waals surface area (Å²) < 4.78 is 38.6. The lowest BCUT2D eigenvalue weighted by molar-refractivity contribution is -0.141. The number of pyridine rings is 1. The molecule has 0 aliphatic rings. The second kappa shape index (κ2) is 3.48. The molecule has 3 nitrogen and oxygen atoms in total. The molecule has 2 aromatic rings. The number of aryl methyl sites for hydroxylation is 1. The number of fused-ring (bicyclic) bond motifs is 1. The van der Waals surface area contributed by atoms with E-state index in [-0.39, 0.29) is 12.1 Å². The van der Waals surface area contributed by atoms with Crippen LogP contribution in [0.25, 0.3) is 5.52 Å². The highest BCUT2D eigenvalue weighted by molar-refractivity contribution is 5.56. The number of hydrogen-bond acceptors (Lipinski definition) is 2. The highest BCUT2D eigenvalue weighted by Crippen LogP contribution is 2.29. The Hall–Kier alpha value is -1.56. The quantitative estimate of drug-likeness (QED) is 0.815. The van der Waals surface area contributed by atoms with Gasteiger partial charge in [0.05, 0.1) is 12.1 Å². The van der Waals surface area contributed by atoms with Gasteiger partial charge >= 0.3 is 6.18 Å². The summed E-state index contributed by atoms with van der Waals surface area (Å²) in [6.07, 6.45) is -4.47. The second-order valence-corrected chi connectivity index (χ2v) is 3.48. The number of nitrogens with zero attached hydrogens (tertiary/aromatic N) is 2. The molecule has 0 atom stereocenters.